The highest BCUT2D eigenvalue weighted by Crippen LogP contribution is 2.38. The highest BCUT2D eigenvalue weighted by molar-refractivity contribution is 6.00. The molecule has 0 N–H and O–H groups in total. The third kappa shape index (κ3) is 2.31. The summed E-state index contributed by atoms with van der Waals surface area (Å²) in [6, 6.07) is 20.5. The van der Waals surface area contributed by atoms with E-state index in [1.54, 1.807) is 0 Å². The zero-order valence-electron chi connectivity index (χ0n) is 13.2. The number of fused-ring (bicyclic) bond motifs is 2. The topological polar surface area (TPSA) is 26.3 Å². The molecule has 0 spiro atoms. The molecular formula is C21H18O2. The Morgan fingerprint density at radius 3 is 2.22 bits per heavy atom. The Kier molecular flexibility index (Phi) is 3.19. The normalized spacial score (nSPS) is 16.7. The van der Waals surface area contributed by atoms with Crippen molar-refractivity contribution in [1.29, 1.82) is 0 Å². The Morgan fingerprint density at radius 2 is 1.57 bits per heavy atom. The molecule has 0 aromatic heterocycles. The van der Waals surface area contributed by atoms with Crippen molar-refractivity contribution in [3.8, 4) is 0 Å². The van der Waals surface area contributed by atoms with Crippen LogP contribution in [0.2, 0.25) is 0 Å². The Balaban J connectivity index is 1.81. The molecule has 0 saturated carbocycles. The van der Waals surface area contributed by atoms with Gasteiger partial charge in [0.25, 0.3) is 0 Å². The molecule has 2 heteroatoms. The maximum absolute atomic E-state index is 12.2. The van der Waals surface area contributed by atoms with E-state index in [1.165, 1.54) is 5.56 Å². The van der Waals surface area contributed by atoms with Crippen LogP contribution >= 0.6 is 0 Å². The number of ether oxygens (including phenoxy) is 1. The average molecular weight is 302 g/mol. The number of carbonyl (C=O) groups excluding carboxylic acids is 1. The van der Waals surface area contributed by atoms with E-state index in [4.69, 9.17) is 4.74 Å². The molecule has 0 amide bonds. The lowest BCUT2D eigenvalue weighted by atomic mass is 9.94. The van der Waals surface area contributed by atoms with Crippen molar-refractivity contribution in [3.63, 3.8) is 0 Å². The van der Waals surface area contributed by atoms with Crippen LogP contribution < -0.4 is 0 Å². The molecule has 1 aliphatic heterocycles. The molecular weight excluding hydrogens is 284 g/mol. The van der Waals surface area contributed by atoms with Crippen molar-refractivity contribution in [1.82, 2.24) is 0 Å². The lowest BCUT2D eigenvalue weighted by Crippen LogP contribution is -2.01. The number of cyclic esters (lactones) is 1. The fraction of sp³-hybridized carbons (Fsp3) is 0.190. The fourth-order valence-corrected chi connectivity index (χ4v) is 3.19. The molecule has 0 aliphatic carbocycles. The fourth-order valence-electron chi connectivity index (χ4n) is 3.19. The van der Waals surface area contributed by atoms with Crippen LogP contribution in [0.15, 0.2) is 60.7 Å². The lowest BCUT2D eigenvalue weighted by molar-refractivity contribution is 0.0456. The van der Waals surface area contributed by atoms with E-state index in [1.807, 2.05) is 24.3 Å². The SMILES string of the molecule is CC(C)c1ccc(C2OC(=O)c3cc4ccccc4cc32)cc1. The predicted octanol–water partition coefficient (Wildman–Crippen LogP) is 5.22. The summed E-state index contributed by atoms with van der Waals surface area (Å²) in [6.07, 6.45) is -0.302. The summed E-state index contributed by atoms with van der Waals surface area (Å²) >= 11 is 0. The second kappa shape index (κ2) is 5.24. The van der Waals surface area contributed by atoms with E-state index in [0.29, 0.717) is 11.5 Å². The maximum atomic E-state index is 12.2. The van der Waals surface area contributed by atoms with Gasteiger partial charge in [0, 0.05) is 5.56 Å². The predicted molar refractivity (Wildman–Crippen MR) is 91.7 cm³/mol. The molecule has 0 bridgehead atoms. The van der Waals surface area contributed by atoms with Gasteiger partial charge < -0.3 is 4.74 Å². The van der Waals surface area contributed by atoms with Crippen molar-refractivity contribution in [2.45, 2.75) is 25.9 Å². The molecule has 1 unspecified atom stereocenters. The highest BCUT2D eigenvalue weighted by Gasteiger charge is 2.32. The lowest BCUT2D eigenvalue weighted by Gasteiger charge is -2.13. The smallest absolute Gasteiger partial charge is 0.339 e. The summed E-state index contributed by atoms with van der Waals surface area (Å²) in [5.41, 5.74) is 3.96. The van der Waals surface area contributed by atoms with Crippen LogP contribution in [0.3, 0.4) is 0 Å². The average Bonchev–Trinajstić information content (AvgIpc) is 2.89. The molecule has 1 atom stereocenters. The minimum absolute atomic E-state index is 0.233. The standard InChI is InChI=1S/C21H18O2/c1-13(2)14-7-9-15(10-8-14)20-18-11-16-5-3-4-6-17(16)12-19(18)21(22)23-20/h3-13,20H,1-2H3. The Bertz CT molecular complexity index is 891. The molecule has 3 aromatic carbocycles. The van der Waals surface area contributed by atoms with Crippen LogP contribution in [0.5, 0.6) is 0 Å². The van der Waals surface area contributed by atoms with Crippen LogP contribution in [-0.2, 0) is 4.74 Å². The number of hydrogen-bond acceptors (Lipinski definition) is 2. The van der Waals surface area contributed by atoms with E-state index in [9.17, 15) is 4.79 Å². The molecule has 3 aromatic rings. The first kappa shape index (κ1) is 14.0. The molecule has 4 rings (SSSR count). The maximum Gasteiger partial charge on any atom is 0.339 e. The van der Waals surface area contributed by atoms with E-state index in [-0.39, 0.29) is 12.1 Å². The van der Waals surface area contributed by atoms with Crippen LogP contribution in [-0.4, -0.2) is 5.97 Å². The number of rotatable bonds is 2. The molecule has 0 radical (unpaired) electrons. The monoisotopic (exact) mass is 302 g/mol. The number of esters is 1. The van der Waals surface area contributed by atoms with Gasteiger partial charge in [-0.3, -0.25) is 0 Å². The van der Waals surface area contributed by atoms with Gasteiger partial charge in [-0.2, -0.15) is 0 Å². The van der Waals surface area contributed by atoms with E-state index in [0.717, 1.165) is 21.9 Å². The molecule has 1 aliphatic rings. The molecule has 23 heavy (non-hydrogen) atoms. The van der Waals surface area contributed by atoms with Crippen molar-refractivity contribution in [3.05, 3.63) is 82.9 Å². The Labute approximate surface area is 135 Å². The van der Waals surface area contributed by atoms with E-state index in [2.05, 4.69) is 50.2 Å². The summed E-state index contributed by atoms with van der Waals surface area (Å²) in [5.74, 6) is 0.259. The number of hydrogen-bond donors (Lipinski definition) is 0. The molecule has 114 valence electrons. The van der Waals surface area contributed by atoms with Gasteiger partial charge in [0.15, 0.2) is 6.10 Å². The number of carbonyl (C=O) groups is 1. The molecule has 2 nitrogen and oxygen atoms in total. The van der Waals surface area contributed by atoms with Crippen LogP contribution in [0, 0.1) is 0 Å². The quantitative estimate of drug-likeness (QED) is 0.606. The largest absolute Gasteiger partial charge is 0.449 e. The second-order valence-electron chi connectivity index (χ2n) is 6.39. The first-order valence-corrected chi connectivity index (χ1v) is 7.97. The summed E-state index contributed by atoms with van der Waals surface area (Å²) in [4.78, 5) is 12.2. The van der Waals surface area contributed by atoms with Crippen molar-refractivity contribution >= 4 is 16.7 Å². The molecule has 0 saturated heterocycles. The zero-order chi connectivity index (χ0) is 16.0. The van der Waals surface area contributed by atoms with E-state index < -0.39 is 0 Å². The van der Waals surface area contributed by atoms with Gasteiger partial charge in [0.1, 0.15) is 0 Å². The van der Waals surface area contributed by atoms with Gasteiger partial charge in [-0.05, 0) is 39.9 Å². The minimum Gasteiger partial charge on any atom is -0.449 e. The number of benzene rings is 3. The van der Waals surface area contributed by atoms with E-state index >= 15 is 0 Å². The van der Waals surface area contributed by atoms with Crippen LogP contribution in [0.25, 0.3) is 10.8 Å². The molecule has 1 heterocycles. The summed E-state index contributed by atoms with van der Waals surface area (Å²) < 4.78 is 5.65. The highest BCUT2D eigenvalue weighted by atomic mass is 16.5. The van der Waals surface area contributed by atoms with Crippen LogP contribution in [0.1, 0.15) is 52.9 Å². The first-order chi connectivity index (χ1) is 11.1. The third-order valence-corrected chi connectivity index (χ3v) is 4.55. The first-order valence-electron chi connectivity index (χ1n) is 7.97. The van der Waals surface area contributed by atoms with Crippen LogP contribution in [0.4, 0.5) is 0 Å². The van der Waals surface area contributed by atoms with Gasteiger partial charge in [-0.15, -0.1) is 0 Å². The summed E-state index contributed by atoms with van der Waals surface area (Å²) in [6.45, 7) is 4.35. The summed E-state index contributed by atoms with van der Waals surface area (Å²) in [7, 11) is 0. The third-order valence-electron chi connectivity index (χ3n) is 4.55. The van der Waals surface area contributed by atoms with Crippen molar-refractivity contribution in [2.75, 3.05) is 0 Å². The van der Waals surface area contributed by atoms with Crippen molar-refractivity contribution in [2.24, 2.45) is 0 Å². The van der Waals surface area contributed by atoms with Gasteiger partial charge in [0.2, 0.25) is 0 Å². The second-order valence-corrected chi connectivity index (χ2v) is 6.39. The summed E-state index contributed by atoms with van der Waals surface area (Å²) in [5, 5.41) is 2.20. The Hall–Kier alpha value is -2.61. The zero-order valence-corrected chi connectivity index (χ0v) is 13.2. The van der Waals surface area contributed by atoms with Gasteiger partial charge >= 0.3 is 5.97 Å². The van der Waals surface area contributed by atoms with Gasteiger partial charge in [-0.1, -0.05) is 62.4 Å². The van der Waals surface area contributed by atoms with Crippen molar-refractivity contribution < 1.29 is 9.53 Å². The van der Waals surface area contributed by atoms with Gasteiger partial charge in [-0.25, -0.2) is 4.79 Å². The minimum atomic E-state index is -0.302. The Morgan fingerprint density at radius 1 is 0.913 bits per heavy atom. The molecule has 0 fully saturated rings. The van der Waals surface area contributed by atoms with Gasteiger partial charge in [0.05, 0.1) is 5.56 Å².